The van der Waals surface area contributed by atoms with Crippen LogP contribution in [0.25, 0.3) is 5.65 Å². The molecule has 0 atom stereocenters. The van der Waals surface area contributed by atoms with Crippen LogP contribution in [-0.2, 0) is 4.74 Å². The van der Waals surface area contributed by atoms with Crippen LogP contribution in [0, 0.1) is 0 Å². The zero-order chi connectivity index (χ0) is 22.7. The molecular formula is C21H20F4N4O3. The Morgan fingerprint density at radius 1 is 1.19 bits per heavy atom. The van der Waals surface area contributed by atoms with Gasteiger partial charge in [-0.05, 0) is 25.0 Å². The number of fused-ring (bicyclic) bond motifs is 1. The van der Waals surface area contributed by atoms with Crippen molar-refractivity contribution < 1.29 is 31.8 Å². The molecule has 1 fully saturated rings. The summed E-state index contributed by atoms with van der Waals surface area (Å²) in [6, 6.07) is 5.09. The zero-order valence-electron chi connectivity index (χ0n) is 16.8. The molecule has 170 valence electrons. The third-order valence-electron chi connectivity index (χ3n) is 5.03. The Morgan fingerprint density at radius 3 is 2.69 bits per heavy atom. The van der Waals surface area contributed by atoms with E-state index < -0.39 is 31.1 Å². The molecule has 0 aliphatic carbocycles. The number of carbonyl (C=O) groups is 1. The molecular weight excluding hydrogens is 432 g/mol. The van der Waals surface area contributed by atoms with Crippen molar-refractivity contribution in [2.45, 2.75) is 31.6 Å². The fourth-order valence-electron chi connectivity index (χ4n) is 3.50. The number of anilines is 1. The molecule has 0 bridgehead atoms. The van der Waals surface area contributed by atoms with E-state index in [1.807, 2.05) is 0 Å². The summed E-state index contributed by atoms with van der Waals surface area (Å²) in [7, 11) is 0. The molecule has 1 amide bonds. The summed E-state index contributed by atoms with van der Waals surface area (Å²) < 4.78 is 63.4. The Morgan fingerprint density at radius 2 is 1.97 bits per heavy atom. The van der Waals surface area contributed by atoms with Crippen molar-refractivity contribution >= 4 is 17.2 Å². The van der Waals surface area contributed by atoms with E-state index in [1.54, 1.807) is 16.8 Å². The van der Waals surface area contributed by atoms with Gasteiger partial charge in [-0.3, -0.25) is 4.79 Å². The Kier molecular flexibility index (Phi) is 6.54. The van der Waals surface area contributed by atoms with E-state index in [2.05, 4.69) is 15.3 Å². The number of alkyl halides is 4. The largest absolute Gasteiger partial charge is 0.484 e. The quantitative estimate of drug-likeness (QED) is 0.536. The lowest BCUT2D eigenvalue weighted by Crippen LogP contribution is -2.15. The number of hydrogen-bond donors (Lipinski definition) is 1. The fraction of sp³-hybridized carbons (Fsp3) is 0.381. The Bertz CT molecular complexity index is 1100. The summed E-state index contributed by atoms with van der Waals surface area (Å²) in [6.07, 6.45) is -0.636. The number of ether oxygens (including phenoxy) is 2. The molecule has 0 saturated carbocycles. The SMILES string of the molecule is O=C(Nc1cc(OCC(F)F)c2nc(C3CCOCC3)cn2c1)c1cccc(C(F)F)n1. The monoisotopic (exact) mass is 452 g/mol. The van der Waals surface area contributed by atoms with Crippen LogP contribution in [0.15, 0.2) is 36.7 Å². The summed E-state index contributed by atoms with van der Waals surface area (Å²) in [4.78, 5) is 20.7. The molecule has 0 radical (unpaired) electrons. The van der Waals surface area contributed by atoms with Crippen molar-refractivity contribution in [3.05, 3.63) is 53.7 Å². The van der Waals surface area contributed by atoms with Gasteiger partial charge in [0, 0.05) is 37.6 Å². The van der Waals surface area contributed by atoms with Gasteiger partial charge in [0.05, 0.1) is 11.4 Å². The molecule has 1 aliphatic rings. The van der Waals surface area contributed by atoms with Gasteiger partial charge in [-0.15, -0.1) is 0 Å². The van der Waals surface area contributed by atoms with Gasteiger partial charge < -0.3 is 19.2 Å². The molecule has 3 aromatic heterocycles. The van der Waals surface area contributed by atoms with Crippen LogP contribution in [-0.4, -0.2) is 46.5 Å². The number of nitrogens with zero attached hydrogens (tertiary/aromatic N) is 3. The number of halogens is 4. The molecule has 1 aliphatic heterocycles. The maximum Gasteiger partial charge on any atom is 0.280 e. The lowest BCUT2D eigenvalue weighted by atomic mass is 9.97. The molecule has 32 heavy (non-hydrogen) atoms. The number of imidazole rings is 1. The topological polar surface area (TPSA) is 77.8 Å². The molecule has 0 spiro atoms. The van der Waals surface area contributed by atoms with Crippen LogP contribution >= 0.6 is 0 Å². The van der Waals surface area contributed by atoms with Gasteiger partial charge in [0.2, 0.25) is 0 Å². The highest BCUT2D eigenvalue weighted by Gasteiger charge is 2.21. The third kappa shape index (κ3) is 4.98. The molecule has 1 N–H and O–H groups in total. The number of carbonyl (C=O) groups excluding carboxylic acids is 1. The minimum absolute atomic E-state index is 0.0655. The number of amides is 1. The molecule has 4 heterocycles. The van der Waals surface area contributed by atoms with Gasteiger partial charge in [0.1, 0.15) is 18.0 Å². The van der Waals surface area contributed by atoms with E-state index in [0.717, 1.165) is 24.6 Å². The summed E-state index contributed by atoms with van der Waals surface area (Å²) in [5, 5.41) is 2.55. The van der Waals surface area contributed by atoms with E-state index in [1.165, 1.54) is 18.2 Å². The van der Waals surface area contributed by atoms with Crippen LogP contribution in [0.1, 0.15) is 47.1 Å². The molecule has 11 heteroatoms. The summed E-state index contributed by atoms with van der Waals surface area (Å²) in [6.45, 7) is 0.378. The van der Waals surface area contributed by atoms with Gasteiger partial charge >= 0.3 is 0 Å². The number of nitrogens with one attached hydrogen (secondary N) is 1. The number of hydrogen-bond acceptors (Lipinski definition) is 5. The van der Waals surface area contributed by atoms with E-state index in [9.17, 15) is 22.4 Å². The third-order valence-corrected chi connectivity index (χ3v) is 5.03. The van der Waals surface area contributed by atoms with E-state index >= 15 is 0 Å². The highest BCUT2D eigenvalue weighted by Crippen LogP contribution is 2.31. The van der Waals surface area contributed by atoms with Crippen LogP contribution in [0.5, 0.6) is 5.75 Å². The second-order valence-electron chi connectivity index (χ2n) is 7.28. The minimum Gasteiger partial charge on any atom is -0.484 e. The first kappa shape index (κ1) is 22.0. The van der Waals surface area contributed by atoms with E-state index in [-0.39, 0.29) is 23.0 Å². The molecule has 4 rings (SSSR count). The minimum atomic E-state index is -2.82. The predicted octanol–water partition coefficient (Wildman–Crippen LogP) is 4.46. The lowest BCUT2D eigenvalue weighted by molar-refractivity contribution is 0.0822. The number of rotatable bonds is 7. The van der Waals surface area contributed by atoms with Crippen molar-refractivity contribution in [3.63, 3.8) is 0 Å². The van der Waals surface area contributed by atoms with Crippen molar-refractivity contribution in [1.29, 1.82) is 0 Å². The molecule has 1 saturated heterocycles. The second kappa shape index (κ2) is 9.51. The van der Waals surface area contributed by atoms with Gasteiger partial charge in [-0.2, -0.15) is 0 Å². The van der Waals surface area contributed by atoms with Gasteiger partial charge in [-0.25, -0.2) is 27.5 Å². The highest BCUT2D eigenvalue weighted by atomic mass is 19.3. The maximum absolute atomic E-state index is 12.9. The average molecular weight is 452 g/mol. The van der Waals surface area contributed by atoms with Crippen LogP contribution in [0.3, 0.4) is 0 Å². The van der Waals surface area contributed by atoms with Crippen molar-refractivity contribution in [2.24, 2.45) is 0 Å². The smallest absolute Gasteiger partial charge is 0.280 e. The van der Waals surface area contributed by atoms with Crippen LogP contribution in [0.4, 0.5) is 23.2 Å². The van der Waals surface area contributed by atoms with Gasteiger partial charge in [0.25, 0.3) is 18.8 Å². The highest BCUT2D eigenvalue weighted by molar-refractivity contribution is 6.03. The van der Waals surface area contributed by atoms with Crippen LogP contribution in [0.2, 0.25) is 0 Å². The van der Waals surface area contributed by atoms with E-state index in [4.69, 9.17) is 9.47 Å². The molecule has 0 unspecified atom stereocenters. The first-order valence-electron chi connectivity index (χ1n) is 9.98. The first-order valence-corrected chi connectivity index (χ1v) is 9.98. The summed E-state index contributed by atoms with van der Waals surface area (Å²) in [5.74, 6) is -0.502. The maximum atomic E-state index is 12.9. The van der Waals surface area contributed by atoms with Gasteiger partial charge in [-0.1, -0.05) is 6.07 Å². The standard InChI is InChI=1S/C21H20F4N4O3/c22-18(23)11-32-17-8-13(26-21(30)15-3-1-2-14(27-15)19(24)25)9-29-10-16(28-20(17)29)12-4-6-31-7-5-12/h1-3,8-10,12,18-19H,4-7,11H2,(H,26,30). The normalized spacial score (nSPS) is 14.9. The molecule has 7 nitrogen and oxygen atoms in total. The van der Waals surface area contributed by atoms with Crippen molar-refractivity contribution in [3.8, 4) is 5.75 Å². The first-order chi connectivity index (χ1) is 15.4. The summed E-state index contributed by atoms with van der Waals surface area (Å²) in [5.41, 5.74) is 0.594. The molecule has 3 aromatic rings. The average Bonchev–Trinajstić information content (AvgIpc) is 3.22. The Hall–Kier alpha value is -3.21. The van der Waals surface area contributed by atoms with Gasteiger partial charge in [0.15, 0.2) is 11.4 Å². The van der Waals surface area contributed by atoms with Crippen molar-refractivity contribution in [1.82, 2.24) is 14.4 Å². The fourth-order valence-corrected chi connectivity index (χ4v) is 3.50. The van der Waals surface area contributed by atoms with E-state index in [0.29, 0.717) is 18.9 Å². The van der Waals surface area contributed by atoms with Crippen LogP contribution < -0.4 is 10.1 Å². The number of aromatic nitrogens is 3. The lowest BCUT2D eigenvalue weighted by Gasteiger charge is -2.19. The Balaban J connectivity index is 1.64. The molecule has 0 aromatic carbocycles. The Labute approximate surface area is 180 Å². The zero-order valence-corrected chi connectivity index (χ0v) is 16.8. The number of pyridine rings is 2. The predicted molar refractivity (Wildman–Crippen MR) is 107 cm³/mol. The second-order valence-corrected chi connectivity index (χ2v) is 7.28. The summed E-state index contributed by atoms with van der Waals surface area (Å²) >= 11 is 0. The van der Waals surface area contributed by atoms with Crippen molar-refractivity contribution in [2.75, 3.05) is 25.1 Å².